The van der Waals surface area contributed by atoms with Gasteiger partial charge in [0.05, 0.1) is 0 Å². The van der Waals surface area contributed by atoms with E-state index in [2.05, 4.69) is 15.3 Å². The molecule has 0 unspecified atom stereocenters. The molecule has 0 aliphatic heterocycles. The van der Waals surface area contributed by atoms with Crippen molar-refractivity contribution in [3.8, 4) is 0 Å². The van der Waals surface area contributed by atoms with Crippen molar-refractivity contribution in [2.24, 2.45) is 0 Å². The average Bonchev–Trinajstić information content (AvgIpc) is 2.77. The highest BCUT2D eigenvalue weighted by atomic mass is 32.2. The van der Waals surface area contributed by atoms with Crippen molar-refractivity contribution in [1.82, 2.24) is 15.3 Å². The van der Waals surface area contributed by atoms with Gasteiger partial charge in [0.25, 0.3) is 0 Å². The zero-order chi connectivity index (χ0) is 14.7. The van der Waals surface area contributed by atoms with Gasteiger partial charge in [-0.25, -0.2) is 14.8 Å². The van der Waals surface area contributed by atoms with E-state index in [0.29, 0.717) is 22.6 Å². The predicted octanol–water partition coefficient (Wildman–Crippen LogP) is 1.93. The highest BCUT2D eigenvalue weighted by Gasteiger charge is 2.18. The monoisotopic (exact) mass is 311 g/mol. The van der Waals surface area contributed by atoms with E-state index in [-0.39, 0.29) is 10.8 Å². The van der Waals surface area contributed by atoms with E-state index < -0.39 is 5.97 Å². The van der Waals surface area contributed by atoms with Crippen LogP contribution in [0.25, 0.3) is 10.2 Å². The first-order valence-corrected chi connectivity index (χ1v) is 7.65. The summed E-state index contributed by atoms with van der Waals surface area (Å²) < 4.78 is 0. The molecule has 2 aromatic rings. The number of carboxylic acid groups (broad SMARTS) is 1. The molecular weight excluding hydrogens is 298 g/mol. The number of aromatic carboxylic acids is 1. The first-order valence-electron chi connectivity index (χ1n) is 5.85. The normalized spacial score (nSPS) is 10.7. The Kier molecular flexibility index (Phi) is 4.56. The molecule has 0 bridgehead atoms. The van der Waals surface area contributed by atoms with E-state index in [1.165, 1.54) is 18.1 Å². The number of aromatic nitrogens is 2. The summed E-state index contributed by atoms with van der Waals surface area (Å²) in [4.78, 5) is 31.6. The predicted molar refractivity (Wildman–Crippen MR) is 78.5 cm³/mol. The molecule has 0 aliphatic carbocycles. The van der Waals surface area contributed by atoms with Gasteiger partial charge in [0.2, 0.25) is 5.91 Å². The Morgan fingerprint density at radius 1 is 1.45 bits per heavy atom. The van der Waals surface area contributed by atoms with Crippen LogP contribution < -0.4 is 5.32 Å². The number of carboxylic acids is 1. The Labute approximate surface area is 123 Å². The summed E-state index contributed by atoms with van der Waals surface area (Å²) in [5.74, 6) is -0.397. The Morgan fingerprint density at radius 3 is 2.85 bits per heavy atom. The van der Waals surface area contributed by atoms with E-state index >= 15 is 0 Å². The number of nitrogens with one attached hydrogen (secondary N) is 1. The molecule has 0 saturated heterocycles. The smallest absolute Gasteiger partial charge is 0.346 e. The van der Waals surface area contributed by atoms with Crippen molar-refractivity contribution in [2.45, 2.75) is 18.4 Å². The molecule has 0 aromatic carbocycles. The maximum atomic E-state index is 11.2. The zero-order valence-electron chi connectivity index (χ0n) is 11.0. The third-order valence-electron chi connectivity index (χ3n) is 2.73. The number of thioether (sulfide) groups is 1. The number of hydrogen-bond donors (Lipinski definition) is 2. The molecular formula is C12H13N3O3S2. The van der Waals surface area contributed by atoms with Gasteiger partial charge in [-0.1, -0.05) is 0 Å². The maximum absolute atomic E-state index is 11.2. The fourth-order valence-electron chi connectivity index (χ4n) is 1.72. The molecule has 0 atom stereocenters. The Balaban J connectivity index is 2.29. The molecule has 6 nitrogen and oxygen atoms in total. The number of nitrogens with zero attached hydrogens (tertiary/aromatic N) is 2. The number of carbonyl (C=O) groups excluding carboxylic acids is 1. The Bertz CT molecular complexity index is 669. The van der Waals surface area contributed by atoms with Gasteiger partial charge in [-0.15, -0.1) is 23.1 Å². The lowest BCUT2D eigenvalue weighted by atomic mass is 10.2. The van der Waals surface area contributed by atoms with Crippen molar-refractivity contribution >= 4 is 45.2 Å². The topological polar surface area (TPSA) is 92.2 Å². The molecule has 2 rings (SSSR count). The number of aryl methyl sites for hydroxylation is 1. The highest BCUT2D eigenvalue weighted by Crippen LogP contribution is 2.35. The molecule has 1 amide bonds. The summed E-state index contributed by atoms with van der Waals surface area (Å²) in [5, 5.41) is 13.2. The van der Waals surface area contributed by atoms with Gasteiger partial charge < -0.3 is 10.4 Å². The lowest BCUT2D eigenvalue weighted by Crippen LogP contribution is -2.17. The van der Waals surface area contributed by atoms with Gasteiger partial charge in [-0.3, -0.25) is 4.79 Å². The molecule has 2 aromatic heterocycles. The van der Waals surface area contributed by atoms with Crippen LogP contribution in [0.1, 0.15) is 21.7 Å². The molecule has 20 heavy (non-hydrogen) atoms. The molecule has 2 N–H and O–H groups in total. The van der Waals surface area contributed by atoms with Crippen molar-refractivity contribution in [3.63, 3.8) is 0 Å². The molecule has 106 valence electrons. The van der Waals surface area contributed by atoms with Crippen molar-refractivity contribution < 1.29 is 14.7 Å². The first-order chi connectivity index (χ1) is 9.54. The van der Waals surface area contributed by atoms with Crippen LogP contribution in [0.4, 0.5) is 0 Å². The van der Waals surface area contributed by atoms with Gasteiger partial charge in [-0.05, 0) is 12.5 Å². The highest BCUT2D eigenvalue weighted by molar-refractivity contribution is 7.99. The molecule has 0 radical (unpaired) electrons. The second-order valence-corrected chi connectivity index (χ2v) is 6.07. The number of thiophene rings is 1. The Hall–Kier alpha value is -1.67. The second-order valence-electron chi connectivity index (χ2n) is 3.99. The number of fused-ring (bicyclic) bond motifs is 1. The summed E-state index contributed by atoms with van der Waals surface area (Å²) in [7, 11) is 1.60. The van der Waals surface area contributed by atoms with E-state index in [9.17, 15) is 9.59 Å². The van der Waals surface area contributed by atoms with Gasteiger partial charge in [0, 0.05) is 24.6 Å². The summed E-state index contributed by atoms with van der Waals surface area (Å²) in [6, 6.07) is 0. The largest absolute Gasteiger partial charge is 0.477 e. The Morgan fingerprint density at radius 2 is 2.20 bits per heavy atom. The van der Waals surface area contributed by atoms with Gasteiger partial charge in [-0.2, -0.15) is 0 Å². The lowest BCUT2D eigenvalue weighted by Gasteiger charge is -2.02. The number of hydrogen-bond acceptors (Lipinski definition) is 6. The van der Waals surface area contributed by atoms with Crippen LogP contribution >= 0.6 is 23.1 Å². The minimum atomic E-state index is -0.952. The minimum Gasteiger partial charge on any atom is -0.477 e. The molecule has 0 saturated carbocycles. The summed E-state index contributed by atoms with van der Waals surface area (Å²) >= 11 is 2.58. The minimum absolute atomic E-state index is 0.0314. The van der Waals surface area contributed by atoms with Crippen LogP contribution in [0.2, 0.25) is 0 Å². The summed E-state index contributed by atoms with van der Waals surface area (Å²) in [5.41, 5.74) is 0.681. The quantitative estimate of drug-likeness (QED) is 0.647. The van der Waals surface area contributed by atoms with Gasteiger partial charge >= 0.3 is 5.97 Å². The third kappa shape index (κ3) is 2.91. The molecule has 2 heterocycles. The number of amides is 1. The van der Waals surface area contributed by atoms with Crippen LogP contribution in [0, 0.1) is 6.92 Å². The average molecular weight is 311 g/mol. The van der Waals surface area contributed by atoms with Gasteiger partial charge in [0.1, 0.15) is 21.1 Å². The molecule has 8 heteroatoms. The van der Waals surface area contributed by atoms with Crippen molar-refractivity contribution in [2.75, 3.05) is 12.8 Å². The first kappa shape index (κ1) is 14.7. The SMILES string of the molecule is CNC(=O)CCSc1ncnc2sc(C(=O)O)c(C)c12. The van der Waals surface area contributed by atoms with Crippen molar-refractivity contribution in [3.05, 3.63) is 16.8 Å². The van der Waals surface area contributed by atoms with E-state index in [1.807, 2.05) is 0 Å². The molecule has 0 fully saturated rings. The van der Waals surface area contributed by atoms with E-state index in [0.717, 1.165) is 21.7 Å². The van der Waals surface area contributed by atoms with Crippen LogP contribution in [-0.4, -0.2) is 39.8 Å². The summed E-state index contributed by atoms with van der Waals surface area (Å²) in [6.07, 6.45) is 1.81. The van der Waals surface area contributed by atoms with Crippen LogP contribution in [0.3, 0.4) is 0 Å². The van der Waals surface area contributed by atoms with E-state index in [4.69, 9.17) is 5.11 Å². The molecule has 0 aliphatic rings. The van der Waals surface area contributed by atoms with Crippen LogP contribution in [0.5, 0.6) is 0 Å². The molecule has 0 spiro atoms. The lowest BCUT2D eigenvalue weighted by molar-refractivity contribution is -0.120. The van der Waals surface area contributed by atoms with Crippen molar-refractivity contribution in [1.29, 1.82) is 0 Å². The maximum Gasteiger partial charge on any atom is 0.346 e. The fraction of sp³-hybridized carbons (Fsp3) is 0.333. The second kappa shape index (κ2) is 6.19. The summed E-state index contributed by atoms with van der Waals surface area (Å²) in [6.45, 7) is 1.76. The van der Waals surface area contributed by atoms with Gasteiger partial charge in [0.15, 0.2) is 0 Å². The standard InChI is InChI=1S/C12H13N3O3S2/c1-6-8-10(19-4-3-7(16)13-2)14-5-15-11(8)20-9(6)12(17)18/h5H,3-4H2,1-2H3,(H,13,16)(H,17,18). The van der Waals surface area contributed by atoms with Crippen LogP contribution in [-0.2, 0) is 4.79 Å². The number of carbonyl (C=O) groups is 2. The number of rotatable bonds is 5. The van der Waals surface area contributed by atoms with E-state index in [1.54, 1.807) is 14.0 Å². The fourth-order valence-corrected chi connectivity index (χ4v) is 3.77. The zero-order valence-corrected chi connectivity index (χ0v) is 12.6. The third-order valence-corrected chi connectivity index (χ3v) is 4.91. The van der Waals surface area contributed by atoms with Crippen LogP contribution in [0.15, 0.2) is 11.4 Å².